The Morgan fingerprint density at radius 3 is 2.78 bits per heavy atom. The molecule has 96 valence electrons. The molecule has 5 nitrogen and oxygen atoms in total. The van der Waals surface area contributed by atoms with E-state index in [1.807, 2.05) is 13.8 Å². The molecule has 18 heavy (non-hydrogen) atoms. The molecule has 0 spiro atoms. The predicted octanol–water partition coefficient (Wildman–Crippen LogP) is 1.46. The van der Waals surface area contributed by atoms with Crippen LogP contribution in [0.4, 0.5) is 5.69 Å². The van der Waals surface area contributed by atoms with Gasteiger partial charge < -0.3 is 10.2 Å². The number of nitrogens with one attached hydrogen (secondary N) is 1. The molecule has 1 amide bonds. The van der Waals surface area contributed by atoms with E-state index in [1.54, 1.807) is 24.9 Å². The molecule has 0 aliphatic rings. The second-order valence-corrected chi connectivity index (χ2v) is 4.14. The molecule has 0 aliphatic heterocycles. The van der Waals surface area contributed by atoms with Gasteiger partial charge in [-0.1, -0.05) is 0 Å². The third kappa shape index (κ3) is 3.20. The third-order valence-corrected chi connectivity index (χ3v) is 2.77. The minimum absolute atomic E-state index is 0.00601. The molecule has 5 heteroatoms. The van der Waals surface area contributed by atoms with Gasteiger partial charge >= 0.3 is 0 Å². The van der Waals surface area contributed by atoms with Crippen molar-refractivity contribution in [3.63, 3.8) is 0 Å². The largest absolute Gasteiger partial charge is 0.375 e. The number of pyridine rings is 1. The fourth-order valence-corrected chi connectivity index (χ4v) is 1.59. The highest BCUT2D eigenvalue weighted by molar-refractivity contribution is 5.81. The Morgan fingerprint density at radius 2 is 2.22 bits per heavy atom. The molecule has 0 atom stereocenters. The maximum absolute atomic E-state index is 11.7. The number of carbonyl (C=O) groups excluding carboxylic acids is 1. The summed E-state index contributed by atoms with van der Waals surface area (Å²) in [6.45, 7) is 6.41. The highest BCUT2D eigenvalue weighted by Gasteiger charge is 2.10. The zero-order valence-corrected chi connectivity index (χ0v) is 11.2. The fourth-order valence-electron chi connectivity index (χ4n) is 1.59. The third-order valence-electron chi connectivity index (χ3n) is 2.77. The van der Waals surface area contributed by atoms with E-state index in [0.29, 0.717) is 23.5 Å². The molecule has 0 bridgehead atoms. The Morgan fingerprint density at radius 1 is 1.56 bits per heavy atom. The van der Waals surface area contributed by atoms with Crippen molar-refractivity contribution in [2.45, 2.75) is 20.8 Å². The van der Waals surface area contributed by atoms with Crippen LogP contribution in [-0.2, 0) is 4.79 Å². The average molecular weight is 246 g/mol. The number of nitrogens with zero attached hydrogens (tertiary/aromatic N) is 3. The smallest absolute Gasteiger partial charge is 0.241 e. The maximum atomic E-state index is 11.7. The van der Waals surface area contributed by atoms with E-state index >= 15 is 0 Å². The summed E-state index contributed by atoms with van der Waals surface area (Å²) in [5.74, 6) is -0.00601. The molecule has 1 aromatic rings. The molecule has 0 radical (unpaired) electrons. The number of aryl methyl sites for hydroxylation is 2. The highest BCUT2D eigenvalue weighted by atomic mass is 16.2. The minimum Gasteiger partial charge on any atom is -0.375 e. The monoisotopic (exact) mass is 246 g/mol. The first-order valence-electron chi connectivity index (χ1n) is 5.85. The Balaban J connectivity index is 2.86. The second-order valence-electron chi connectivity index (χ2n) is 4.14. The molecule has 1 aromatic heterocycles. The summed E-state index contributed by atoms with van der Waals surface area (Å²) in [7, 11) is 1.75. The molecule has 1 heterocycles. The lowest BCUT2D eigenvalue weighted by Gasteiger charge is -2.16. The fraction of sp³-hybridized carbons (Fsp3) is 0.462. The van der Waals surface area contributed by atoms with Crippen molar-refractivity contribution >= 4 is 11.6 Å². The van der Waals surface area contributed by atoms with Crippen molar-refractivity contribution in [3.8, 4) is 6.07 Å². The first-order chi connectivity index (χ1) is 8.49. The summed E-state index contributed by atoms with van der Waals surface area (Å²) >= 11 is 0. The van der Waals surface area contributed by atoms with Crippen molar-refractivity contribution in [1.29, 1.82) is 5.26 Å². The molecular formula is C13H18N4O. The van der Waals surface area contributed by atoms with E-state index in [2.05, 4.69) is 16.4 Å². The zero-order valence-electron chi connectivity index (χ0n) is 11.2. The topological polar surface area (TPSA) is 69.0 Å². The Labute approximate surface area is 107 Å². The molecule has 0 saturated heterocycles. The lowest BCUT2D eigenvalue weighted by atomic mass is 10.1. The van der Waals surface area contributed by atoms with Gasteiger partial charge in [-0.05, 0) is 26.8 Å². The summed E-state index contributed by atoms with van der Waals surface area (Å²) in [6.07, 6.45) is 0. The van der Waals surface area contributed by atoms with Crippen LogP contribution < -0.4 is 5.32 Å². The summed E-state index contributed by atoms with van der Waals surface area (Å²) in [6, 6.07) is 3.89. The number of carbonyl (C=O) groups is 1. The van der Waals surface area contributed by atoms with Gasteiger partial charge in [0, 0.05) is 19.3 Å². The molecule has 0 saturated carbocycles. The number of nitriles is 1. The van der Waals surface area contributed by atoms with E-state index in [0.717, 1.165) is 5.69 Å². The summed E-state index contributed by atoms with van der Waals surface area (Å²) in [4.78, 5) is 17.5. The standard InChI is InChI=1S/C13H18N4O/c1-5-17(4)13(18)8-15-12-6-9(2)16-10(3)11(12)7-14/h6H,5,8H2,1-4H3,(H,15,16). The van der Waals surface area contributed by atoms with Crippen LogP contribution in [0.25, 0.3) is 0 Å². The van der Waals surface area contributed by atoms with Crippen LogP contribution in [0.5, 0.6) is 0 Å². The van der Waals surface area contributed by atoms with Crippen molar-refractivity contribution in [2.75, 3.05) is 25.5 Å². The number of anilines is 1. The lowest BCUT2D eigenvalue weighted by molar-refractivity contribution is -0.127. The SMILES string of the molecule is CCN(C)C(=O)CNc1cc(C)nc(C)c1C#N. The Hall–Kier alpha value is -2.09. The van der Waals surface area contributed by atoms with Crippen LogP contribution in [-0.4, -0.2) is 35.9 Å². The van der Waals surface area contributed by atoms with Gasteiger partial charge in [-0.25, -0.2) is 0 Å². The van der Waals surface area contributed by atoms with Crippen LogP contribution in [0, 0.1) is 25.2 Å². The van der Waals surface area contributed by atoms with Gasteiger partial charge in [0.2, 0.25) is 5.91 Å². The van der Waals surface area contributed by atoms with Crippen molar-refractivity contribution in [3.05, 3.63) is 23.0 Å². The van der Waals surface area contributed by atoms with Crippen molar-refractivity contribution in [1.82, 2.24) is 9.88 Å². The van der Waals surface area contributed by atoms with Crippen LogP contribution in [0.3, 0.4) is 0 Å². The van der Waals surface area contributed by atoms with E-state index < -0.39 is 0 Å². The van der Waals surface area contributed by atoms with E-state index in [-0.39, 0.29) is 12.5 Å². The average Bonchev–Trinajstić information content (AvgIpc) is 2.34. The molecule has 0 fully saturated rings. The molecular weight excluding hydrogens is 228 g/mol. The number of amides is 1. The lowest BCUT2D eigenvalue weighted by Crippen LogP contribution is -2.32. The highest BCUT2D eigenvalue weighted by Crippen LogP contribution is 2.18. The zero-order chi connectivity index (χ0) is 13.7. The van der Waals surface area contributed by atoms with Crippen molar-refractivity contribution in [2.24, 2.45) is 0 Å². The second kappa shape index (κ2) is 6.01. The van der Waals surface area contributed by atoms with Crippen LogP contribution >= 0.6 is 0 Å². The summed E-state index contributed by atoms with van der Waals surface area (Å²) < 4.78 is 0. The minimum atomic E-state index is -0.00601. The normalized spacial score (nSPS) is 9.72. The molecule has 0 unspecified atom stereocenters. The Kier molecular flexibility index (Phi) is 4.67. The van der Waals surface area contributed by atoms with Crippen molar-refractivity contribution < 1.29 is 4.79 Å². The number of aromatic nitrogens is 1. The molecule has 0 aromatic carbocycles. The molecule has 1 N–H and O–H groups in total. The van der Waals surface area contributed by atoms with E-state index in [1.165, 1.54) is 0 Å². The molecule has 0 aliphatic carbocycles. The number of rotatable bonds is 4. The quantitative estimate of drug-likeness (QED) is 0.873. The van der Waals surface area contributed by atoms with E-state index in [4.69, 9.17) is 5.26 Å². The summed E-state index contributed by atoms with van der Waals surface area (Å²) in [5.41, 5.74) is 2.66. The van der Waals surface area contributed by atoms with Gasteiger partial charge in [-0.15, -0.1) is 0 Å². The van der Waals surface area contributed by atoms with Crippen LogP contribution in [0.2, 0.25) is 0 Å². The van der Waals surface area contributed by atoms with Gasteiger partial charge in [0.15, 0.2) is 0 Å². The predicted molar refractivity (Wildman–Crippen MR) is 70.2 cm³/mol. The van der Waals surface area contributed by atoms with E-state index in [9.17, 15) is 4.79 Å². The number of hydrogen-bond acceptors (Lipinski definition) is 4. The Bertz CT molecular complexity index is 490. The number of likely N-dealkylation sites (N-methyl/N-ethyl adjacent to an activating group) is 1. The summed E-state index contributed by atoms with van der Waals surface area (Å²) in [5, 5.41) is 12.1. The van der Waals surface area contributed by atoms with Gasteiger partial charge in [0.1, 0.15) is 6.07 Å². The molecule has 1 rings (SSSR count). The van der Waals surface area contributed by atoms with Gasteiger partial charge in [0.05, 0.1) is 23.5 Å². The van der Waals surface area contributed by atoms with Gasteiger partial charge in [0.25, 0.3) is 0 Å². The maximum Gasteiger partial charge on any atom is 0.241 e. The van der Waals surface area contributed by atoms with Crippen LogP contribution in [0.15, 0.2) is 6.07 Å². The van der Waals surface area contributed by atoms with Gasteiger partial charge in [-0.3, -0.25) is 9.78 Å². The van der Waals surface area contributed by atoms with Gasteiger partial charge in [-0.2, -0.15) is 5.26 Å². The first kappa shape index (κ1) is 14.0. The number of hydrogen-bond donors (Lipinski definition) is 1. The van der Waals surface area contributed by atoms with Crippen LogP contribution in [0.1, 0.15) is 23.9 Å². The first-order valence-corrected chi connectivity index (χ1v) is 5.85.